The Balaban J connectivity index is 2.31. The quantitative estimate of drug-likeness (QED) is 0.779. The highest BCUT2D eigenvalue weighted by Gasteiger charge is 2.31. The fourth-order valence-corrected chi connectivity index (χ4v) is 2.71. The normalized spacial score (nSPS) is 18.5. The summed E-state index contributed by atoms with van der Waals surface area (Å²) in [5, 5.41) is -0.0275. The van der Waals surface area contributed by atoms with Crippen LogP contribution in [-0.2, 0) is 4.74 Å². The van der Waals surface area contributed by atoms with Crippen LogP contribution < -0.4 is 0 Å². The Labute approximate surface area is 115 Å². The maximum atomic E-state index is 12.1. The summed E-state index contributed by atoms with van der Waals surface area (Å²) >= 11 is 0.927. The first kappa shape index (κ1) is 16.5. The lowest BCUT2D eigenvalue weighted by Crippen LogP contribution is -2.42. The molecule has 0 aromatic rings. The lowest BCUT2D eigenvalue weighted by atomic mass is 10.1. The van der Waals surface area contributed by atoms with Gasteiger partial charge in [-0.15, -0.1) is 11.8 Å². The zero-order valence-corrected chi connectivity index (χ0v) is 12.2. The van der Waals surface area contributed by atoms with Gasteiger partial charge in [-0.1, -0.05) is 0 Å². The van der Waals surface area contributed by atoms with Crippen LogP contribution in [0.5, 0.6) is 0 Å². The largest absolute Gasteiger partial charge is 0.444 e. The Hall–Kier alpha value is -0.590. The number of ether oxygens (including phenoxy) is 1. The summed E-state index contributed by atoms with van der Waals surface area (Å²) < 4.78 is 41.5. The van der Waals surface area contributed by atoms with E-state index >= 15 is 0 Å². The second-order valence-electron chi connectivity index (χ2n) is 5.59. The van der Waals surface area contributed by atoms with E-state index in [0.29, 0.717) is 25.9 Å². The van der Waals surface area contributed by atoms with Crippen LogP contribution in [0.15, 0.2) is 0 Å². The van der Waals surface area contributed by atoms with Crippen molar-refractivity contribution >= 4 is 17.9 Å². The third-order valence-corrected chi connectivity index (χ3v) is 4.01. The van der Waals surface area contributed by atoms with E-state index in [0.717, 1.165) is 11.8 Å². The van der Waals surface area contributed by atoms with Gasteiger partial charge in [-0.3, -0.25) is 0 Å². The first-order valence-electron chi connectivity index (χ1n) is 6.23. The van der Waals surface area contributed by atoms with Gasteiger partial charge in [0.15, 0.2) is 0 Å². The van der Waals surface area contributed by atoms with E-state index < -0.39 is 17.5 Å². The van der Waals surface area contributed by atoms with Gasteiger partial charge < -0.3 is 9.64 Å². The molecule has 0 aromatic heterocycles. The lowest BCUT2D eigenvalue weighted by molar-refractivity contribution is -0.105. The molecule has 0 atom stereocenters. The maximum Gasteiger partial charge on any atom is 0.410 e. The van der Waals surface area contributed by atoms with Crippen LogP contribution >= 0.6 is 11.8 Å². The minimum atomic E-state index is -4.12. The van der Waals surface area contributed by atoms with E-state index in [1.807, 2.05) is 0 Å². The van der Waals surface area contributed by atoms with Crippen LogP contribution in [0.1, 0.15) is 33.6 Å². The van der Waals surface area contributed by atoms with E-state index in [1.54, 1.807) is 25.7 Å². The van der Waals surface area contributed by atoms with Gasteiger partial charge in [0, 0.05) is 18.3 Å². The monoisotopic (exact) mass is 299 g/mol. The number of nitrogens with zero attached hydrogens (tertiary/aromatic N) is 1. The fourth-order valence-electron chi connectivity index (χ4n) is 1.74. The van der Waals surface area contributed by atoms with E-state index in [9.17, 15) is 18.0 Å². The summed E-state index contributed by atoms with van der Waals surface area (Å²) in [7, 11) is 0. The predicted molar refractivity (Wildman–Crippen MR) is 69.3 cm³/mol. The molecular weight excluding hydrogens is 279 g/mol. The molecule has 1 rings (SSSR count). The van der Waals surface area contributed by atoms with Gasteiger partial charge in [-0.2, -0.15) is 13.2 Å². The van der Waals surface area contributed by atoms with E-state index in [4.69, 9.17) is 4.74 Å². The van der Waals surface area contributed by atoms with Gasteiger partial charge in [0.25, 0.3) is 0 Å². The Morgan fingerprint density at radius 3 is 2.21 bits per heavy atom. The zero-order valence-electron chi connectivity index (χ0n) is 11.4. The average molecular weight is 299 g/mol. The lowest BCUT2D eigenvalue weighted by Gasteiger charge is -2.33. The molecule has 19 heavy (non-hydrogen) atoms. The van der Waals surface area contributed by atoms with Crippen molar-refractivity contribution in [3.63, 3.8) is 0 Å². The molecule has 1 fully saturated rings. The molecule has 0 spiro atoms. The zero-order chi connectivity index (χ0) is 14.7. The number of hydrogen-bond donors (Lipinski definition) is 0. The number of halogens is 3. The Morgan fingerprint density at radius 2 is 1.79 bits per heavy atom. The van der Waals surface area contributed by atoms with Gasteiger partial charge >= 0.3 is 12.3 Å². The maximum absolute atomic E-state index is 12.1. The van der Waals surface area contributed by atoms with Crippen LogP contribution in [0.25, 0.3) is 0 Å². The number of carbonyl (C=O) groups is 1. The highest BCUT2D eigenvalue weighted by atomic mass is 32.2. The summed E-state index contributed by atoms with van der Waals surface area (Å²) in [6, 6.07) is 0. The summed E-state index contributed by atoms with van der Waals surface area (Å²) in [5.74, 6) is -0.815. The van der Waals surface area contributed by atoms with Gasteiger partial charge in [0.05, 0.1) is 5.75 Å². The van der Waals surface area contributed by atoms with Crippen molar-refractivity contribution < 1.29 is 22.7 Å². The van der Waals surface area contributed by atoms with E-state index in [2.05, 4.69) is 0 Å². The molecule has 7 heteroatoms. The highest BCUT2D eigenvalue weighted by molar-refractivity contribution is 7.99. The third kappa shape index (κ3) is 6.94. The van der Waals surface area contributed by atoms with E-state index in [1.165, 1.54) is 0 Å². The van der Waals surface area contributed by atoms with Gasteiger partial charge in [0.1, 0.15) is 5.60 Å². The number of amides is 1. The van der Waals surface area contributed by atoms with Crippen LogP contribution in [-0.4, -0.2) is 46.9 Å². The van der Waals surface area contributed by atoms with Gasteiger partial charge in [-0.25, -0.2) is 4.79 Å². The molecule has 0 radical (unpaired) electrons. The SMILES string of the molecule is CC(C)(C)OC(=O)N1CCC(SCC(F)(F)F)CC1. The summed E-state index contributed by atoms with van der Waals surface area (Å²) in [5.41, 5.74) is -0.543. The molecule has 0 saturated carbocycles. The van der Waals surface area contributed by atoms with Crippen LogP contribution in [0.4, 0.5) is 18.0 Å². The minimum absolute atomic E-state index is 0.0275. The molecule has 0 N–H and O–H groups in total. The Bertz CT molecular complexity index is 307. The predicted octanol–water partition coefficient (Wildman–Crippen LogP) is 3.68. The highest BCUT2D eigenvalue weighted by Crippen LogP contribution is 2.29. The Kier molecular flexibility index (Phi) is 5.41. The molecule has 0 aliphatic carbocycles. The molecule has 112 valence electrons. The number of piperidine rings is 1. The number of rotatable bonds is 2. The standard InChI is InChI=1S/C12H20F3NO2S/c1-11(2,3)18-10(17)16-6-4-9(5-7-16)19-8-12(13,14)15/h9H,4-8H2,1-3H3. The first-order valence-corrected chi connectivity index (χ1v) is 7.28. The van der Waals surface area contributed by atoms with Gasteiger partial charge in [0.2, 0.25) is 0 Å². The number of carbonyl (C=O) groups excluding carboxylic acids is 1. The molecule has 1 saturated heterocycles. The molecule has 0 aromatic carbocycles. The van der Waals surface area contributed by atoms with Crippen molar-refractivity contribution in [2.75, 3.05) is 18.8 Å². The molecule has 3 nitrogen and oxygen atoms in total. The van der Waals surface area contributed by atoms with Gasteiger partial charge in [-0.05, 0) is 33.6 Å². The second-order valence-corrected chi connectivity index (χ2v) is 6.88. The summed E-state index contributed by atoms with van der Waals surface area (Å²) in [6.07, 6.45) is -3.33. The molecule has 1 aliphatic heterocycles. The molecule has 0 unspecified atom stereocenters. The number of alkyl halides is 3. The first-order chi connectivity index (χ1) is 8.57. The van der Waals surface area contributed by atoms with Crippen LogP contribution in [0, 0.1) is 0 Å². The molecule has 1 heterocycles. The molecular formula is C12H20F3NO2S. The minimum Gasteiger partial charge on any atom is -0.444 e. The number of thioether (sulfide) groups is 1. The van der Waals surface area contributed by atoms with Crippen molar-refractivity contribution in [2.24, 2.45) is 0 Å². The third-order valence-electron chi connectivity index (χ3n) is 2.58. The van der Waals surface area contributed by atoms with Crippen molar-refractivity contribution in [1.82, 2.24) is 4.90 Å². The smallest absolute Gasteiger partial charge is 0.410 e. The van der Waals surface area contributed by atoms with Crippen molar-refractivity contribution in [2.45, 2.75) is 50.6 Å². The number of hydrogen-bond acceptors (Lipinski definition) is 3. The van der Waals surface area contributed by atoms with Crippen molar-refractivity contribution in [1.29, 1.82) is 0 Å². The molecule has 1 amide bonds. The summed E-state index contributed by atoms with van der Waals surface area (Å²) in [4.78, 5) is 13.3. The van der Waals surface area contributed by atoms with Crippen LogP contribution in [0.2, 0.25) is 0 Å². The van der Waals surface area contributed by atoms with Crippen molar-refractivity contribution in [3.8, 4) is 0 Å². The van der Waals surface area contributed by atoms with Crippen molar-refractivity contribution in [3.05, 3.63) is 0 Å². The van der Waals surface area contributed by atoms with Crippen LogP contribution in [0.3, 0.4) is 0 Å². The van der Waals surface area contributed by atoms with E-state index in [-0.39, 0.29) is 11.3 Å². The second kappa shape index (κ2) is 6.24. The summed E-state index contributed by atoms with van der Waals surface area (Å²) in [6.45, 7) is 6.29. The topological polar surface area (TPSA) is 29.5 Å². The fraction of sp³-hybridized carbons (Fsp3) is 0.917. The molecule has 0 bridgehead atoms. The molecule has 1 aliphatic rings. The Morgan fingerprint density at radius 1 is 1.26 bits per heavy atom. The number of likely N-dealkylation sites (tertiary alicyclic amines) is 1. The average Bonchev–Trinajstić information content (AvgIpc) is 2.23.